The van der Waals surface area contributed by atoms with Crippen LogP contribution in [0.1, 0.15) is 11.5 Å². The van der Waals surface area contributed by atoms with Gasteiger partial charge in [0.05, 0.1) is 34.5 Å². The van der Waals surface area contributed by atoms with Crippen LogP contribution in [-0.4, -0.2) is 53.2 Å². The van der Waals surface area contributed by atoms with Crippen LogP contribution in [0.3, 0.4) is 0 Å². The molecule has 0 atom stereocenters. The van der Waals surface area contributed by atoms with Gasteiger partial charge < -0.3 is 19.7 Å². The minimum Gasteiger partial charge on any atom is -0.485 e. The number of nitrogens with zero attached hydrogens (tertiary/aromatic N) is 3. The number of ether oxygens (including phenoxy) is 2. The third-order valence-corrected chi connectivity index (χ3v) is 6.55. The Hall–Kier alpha value is -2.94. The van der Waals surface area contributed by atoms with E-state index in [1.54, 1.807) is 4.90 Å². The molecule has 170 valence electrons. The fraction of sp³-hybridized carbons (Fsp3) is 0.261. The largest absolute Gasteiger partial charge is 0.485 e. The molecule has 2 aliphatic rings. The fourth-order valence-electron chi connectivity index (χ4n) is 3.82. The quantitative estimate of drug-likeness (QED) is 0.400. The summed E-state index contributed by atoms with van der Waals surface area (Å²) in [5.74, 6) is 0.401. The number of hydrogen-bond donors (Lipinski definition) is 1. The molecular formula is C23H19Cl2FN4O3. The summed E-state index contributed by atoms with van der Waals surface area (Å²) >= 11 is 11.9. The third-order valence-electron chi connectivity index (χ3n) is 5.76. The molecule has 7 nitrogen and oxygen atoms in total. The number of rotatable bonds is 6. The molecule has 2 aromatic carbocycles. The van der Waals surface area contributed by atoms with Crippen molar-refractivity contribution in [3.8, 4) is 5.75 Å². The molecule has 3 aromatic rings. The lowest BCUT2D eigenvalue weighted by Gasteiger charge is -2.40. The van der Waals surface area contributed by atoms with E-state index in [9.17, 15) is 9.18 Å². The molecule has 10 heteroatoms. The maximum absolute atomic E-state index is 14.6. The third kappa shape index (κ3) is 4.10. The second-order valence-corrected chi connectivity index (χ2v) is 8.68. The van der Waals surface area contributed by atoms with E-state index in [0.29, 0.717) is 48.8 Å². The van der Waals surface area contributed by atoms with E-state index in [2.05, 4.69) is 21.9 Å². The lowest BCUT2D eigenvalue weighted by atomic mass is 9.89. The van der Waals surface area contributed by atoms with E-state index in [1.165, 1.54) is 24.5 Å². The molecule has 2 aliphatic heterocycles. The molecule has 0 radical (unpaired) electrons. The molecule has 33 heavy (non-hydrogen) atoms. The molecule has 5 rings (SSSR count). The van der Waals surface area contributed by atoms with E-state index < -0.39 is 5.82 Å². The average molecular weight is 489 g/mol. The number of halogens is 3. The van der Waals surface area contributed by atoms with Gasteiger partial charge in [-0.15, -0.1) is 0 Å². The zero-order chi connectivity index (χ0) is 23.1. The maximum Gasteiger partial charge on any atom is 0.245 e. The SMILES string of the molecule is C=CC(=O)N1CC(c2cc3c(Nc4ccc(Cl)c(Cl)c4F)ncnc3cc2OC2COC2)C1. The Labute approximate surface area is 199 Å². The van der Waals surface area contributed by atoms with E-state index in [0.717, 1.165) is 5.56 Å². The number of anilines is 2. The van der Waals surface area contributed by atoms with Crippen molar-refractivity contribution in [1.29, 1.82) is 0 Å². The Morgan fingerprint density at radius 1 is 1.27 bits per heavy atom. The maximum atomic E-state index is 14.6. The average Bonchev–Trinajstić information content (AvgIpc) is 2.75. The van der Waals surface area contributed by atoms with Gasteiger partial charge in [0.25, 0.3) is 0 Å². The molecule has 2 fully saturated rings. The topological polar surface area (TPSA) is 76.6 Å². The number of nitrogens with one attached hydrogen (secondary N) is 1. The lowest BCUT2D eigenvalue weighted by molar-refractivity contribution is -0.130. The summed E-state index contributed by atoms with van der Waals surface area (Å²) < 4.78 is 26.0. The van der Waals surface area contributed by atoms with Gasteiger partial charge in [0.1, 0.15) is 24.0 Å². The minimum atomic E-state index is -0.668. The van der Waals surface area contributed by atoms with Gasteiger partial charge in [-0.1, -0.05) is 29.8 Å². The second-order valence-electron chi connectivity index (χ2n) is 7.90. The summed E-state index contributed by atoms with van der Waals surface area (Å²) in [4.78, 5) is 22.3. The second kappa shape index (κ2) is 8.78. The molecule has 0 bridgehead atoms. The number of benzene rings is 2. The molecule has 0 saturated carbocycles. The standard InChI is InChI=1S/C23H19Cl2FN4O3/c1-2-20(31)30-7-12(8-30)14-5-15-18(6-19(14)33-13-9-32-10-13)27-11-28-23(15)29-17-4-3-16(24)21(25)22(17)26/h2-6,11-13H,1,7-10H2,(H,27,28,29). The van der Waals surface area contributed by atoms with Crippen LogP contribution in [0.25, 0.3) is 10.9 Å². The van der Waals surface area contributed by atoms with Gasteiger partial charge in [0.15, 0.2) is 5.82 Å². The van der Waals surface area contributed by atoms with Crippen LogP contribution < -0.4 is 10.1 Å². The summed E-state index contributed by atoms with van der Waals surface area (Å²) in [5.41, 5.74) is 1.70. The Bertz CT molecular complexity index is 1260. The first-order valence-corrected chi connectivity index (χ1v) is 11.0. The predicted octanol–water partition coefficient (Wildman–Crippen LogP) is 4.71. The molecule has 1 amide bonds. The number of hydrogen-bond acceptors (Lipinski definition) is 6. The van der Waals surface area contributed by atoms with Gasteiger partial charge in [-0.2, -0.15) is 0 Å². The van der Waals surface area contributed by atoms with E-state index in [4.69, 9.17) is 32.7 Å². The number of carbonyl (C=O) groups is 1. The van der Waals surface area contributed by atoms with E-state index >= 15 is 0 Å². The van der Waals surface area contributed by atoms with E-state index in [1.807, 2.05) is 12.1 Å². The van der Waals surface area contributed by atoms with Crippen molar-refractivity contribution in [3.05, 3.63) is 64.7 Å². The number of carbonyl (C=O) groups excluding carboxylic acids is 1. The van der Waals surface area contributed by atoms with Gasteiger partial charge in [-0.05, 0) is 24.3 Å². The van der Waals surface area contributed by atoms with Crippen molar-refractivity contribution in [2.45, 2.75) is 12.0 Å². The summed E-state index contributed by atoms with van der Waals surface area (Å²) in [5, 5.41) is 3.64. The van der Waals surface area contributed by atoms with Gasteiger partial charge in [-0.3, -0.25) is 4.79 Å². The molecule has 1 aromatic heterocycles. The number of aromatic nitrogens is 2. The normalized spacial score (nSPS) is 16.3. The molecule has 2 saturated heterocycles. The van der Waals surface area contributed by atoms with E-state index in [-0.39, 0.29) is 33.7 Å². The number of fused-ring (bicyclic) bond motifs is 1. The van der Waals surface area contributed by atoms with Gasteiger partial charge in [0, 0.05) is 36.0 Å². The molecular weight excluding hydrogens is 470 g/mol. The van der Waals surface area contributed by atoms with Gasteiger partial charge in [-0.25, -0.2) is 14.4 Å². The van der Waals surface area contributed by atoms with Crippen molar-refractivity contribution >= 4 is 51.5 Å². The number of amides is 1. The molecule has 1 N–H and O–H groups in total. The van der Waals surface area contributed by atoms with Crippen LogP contribution in [-0.2, 0) is 9.53 Å². The highest BCUT2D eigenvalue weighted by Gasteiger charge is 2.34. The Morgan fingerprint density at radius 2 is 2.06 bits per heavy atom. The van der Waals surface area contributed by atoms with Gasteiger partial charge >= 0.3 is 0 Å². The highest BCUT2D eigenvalue weighted by Crippen LogP contribution is 2.39. The van der Waals surface area contributed by atoms with Crippen LogP contribution >= 0.6 is 23.2 Å². The summed E-state index contributed by atoms with van der Waals surface area (Å²) in [7, 11) is 0. The summed E-state index contributed by atoms with van der Waals surface area (Å²) in [6.07, 6.45) is 2.67. The Kier molecular flexibility index (Phi) is 5.82. The monoisotopic (exact) mass is 488 g/mol. The molecule has 0 aliphatic carbocycles. The van der Waals surface area contributed by atoms with Crippen LogP contribution in [0, 0.1) is 5.82 Å². The molecule has 3 heterocycles. The van der Waals surface area contributed by atoms with Crippen LogP contribution in [0.4, 0.5) is 15.9 Å². The Morgan fingerprint density at radius 3 is 2.76 bits per heavy atom. The predicted molar refractivity (Wildman–Crippen MR) is 124 cm³/mol. The summed E-state index contributed by atoms with van der Waals surface area (Å²) in [6.45, 7) is 5.69. The van der Waals surface area contributed by atoms with Crippen molar-refractivity contribution < 1.29 is 18.7 Å². The first kappa shape index (κ1) is 21.9. The highest BCUT2D eigenvalue weighted by atomic mass is 35.5. The smallest absolute Gasteiger partial charge is 0.245 e. The first-order chi connectivity index (χ1) is 15.9. The van der Waals surface area contributed by atoms with Crippen LogP contribution in [0.2, 0.25) is 10.0 Å². The minimum absolute atomic E-state index is 0.0306. The van der Waals surface area contributed by atoms with Crippen molar-refractivity contribution in [1.82, 2.24) is 14.9 Å². The van der Waals surface area contributed by atoms with Crippen molar-refractivity contribution in [2.75, 3.05) is 31.6 Å². The fourth-order valence-corrected chi connectivity index (χ4v) is 4.13. The van der Waals surface area contributed by atoms with Crippen LogP contribution in [0.15, 0.2) is 43.2 Å². The molecule has 0 unspecified atom stereocenters. The molecule has 0 spiro atoms. The zero-order valence-electron chi connectivity index (χ0n) is 17.4. The summed E-state index contributed by atoms with van der Waals surface area (Å²) in [6, 6.07) is 6.79. The zero-order valence-corrected chi connectivity index (χ0v) is 18.9. The van der Waals surface area contributed by atoms with Gasteiger partial charge in [0.2, 0.25) is 5.91 Å². The number of likely N-dealkylation sites (tertiary alicyclic amines) is 1. The first-order valence-electron chi connectivity index (χ1n) is 10.3. The van der Waals surface area contributed by atoms with Crippen molar-refractivity contribution in [3.63, 3.8) is 0 Å². The lowest BCUT2D eigenvalue weighted by Crippen LogP contribution is -2.48. The highest BCUT2D eigenvalue weighted by molar-refractivity contribution is 6.42. The Balaban J connectivity index is 1.53. The van der Waals surface area contributed by atoms with Crippen molar-refractivity contribution in [2.24, 2.45) is 0 Å². The van der Waals surface area contributed by atoms with Crippen LogP contribution in [0.5, 0.6) is 5.75 Å².